The molecule has 98 heavy (non-hydrogen) atoms. The van der Waals surface area contributed by atoms with Crippen LogP contribution in [0.3, 0.4) is 0 Å². The van der Waals surface area contributed by atoms with Gasteiger partial charge in [0.2, 0.25) is 5.91 Å². The standard InChI is InChI=1S/C22H27N3O3.C13H17N3O4.C13H19N3O2.C9H10O2.C8H15NO2.C5H3BrN2O2/c1-3-28-22(27)18-9-11-25(12-10-18)19-7-8-20(23-15-19)24-21(26)14-17-6-4-5-16(2)13-17;1-2-20-13(17)10-5-7-15(8-6-10)11-3-4-12(14-9-11)16(18)19;1-2-18-13(17)10-5-7-16(8-6-10)11-3-4-12(14)15-9-11;1-7-3-2-4-8(5-7)6-9(10)11;1-2-11-8(10)7-3-5-9-6-4-7;6-4-1-2-5(7-3-4)8(9)10/h4-8,13,15,18H,3,9-12,14H2,1-2H3,(H,23,24,26);3-4,9-10H,2,5-8H2,1H3;3-4,9-10H,2,5-8H2,1H3,(H2,14,15);2-5H,6H2,1H3,(H,10,11);7,9H,2-6H2,1H3;1-3H. The lowest BCUT2D eigenvalue weighted by atomic mass is 9.97. The molecule has 6 aromatic rings. The van der Waals surface area contributed by atoms with E-state index in [0.717, 1.165) is 148 Å². The minimum atomic E-state index is -0.782. The Morgan fingerprint density at radius 3 is 1.24 bits per heavy atom. The van der Waals surface area contributed by atoms with Crippen molar-refractivity contribution in [3.05, 3.63) is 169 Å². The molecule has 5 N–H and O–H groups in total. The molecule has 27 nitrogen and oxygen atoms in total. The van der Waals surface area contributed by atoms with Gasteiger partial charge in [0.1, 0.15) is 11.6 Å². The fourth-order valence-corrected chi connectivity index (χ4v) is 11.0. The lowest BCUT2D eigenvalue weighted by Crippen LogP contribution is -2.37. The van der Waals surface area contributed by atoms with Crippen LogP contribution in [0.2, 0.25) is 0 Å². The number of esters is 4. The van der Waals surface area contributed by atoms with Crippen molar-refractivity contribution in [1.82, 2.24) is 25.3 Å². The highest BCUT2D eigenvalue weighted by molar-refractivity contribution is 9.10. The number of nitrogen functional groups attached to an aromatic ring is 1. The Morgan fingerprint density at radius 1 is 0.531 bits per heavy atom. The van der Waals surface area contributed by atoms with E-state index in [4.69, 9.17) is 29.8 Å². The number of hydrogen-bond acceptors (Lipinski definition) is 23. The Balaban J connectivity index is 0.000000221. The second-order valence-corrected chi connectivity index (χ2v) is 24.1. The van der Waals surface area contributed by atoms with Crippen LogP contribution in [0.1, 0.15) is 101 Å². The fourth-order valence-electron chi connectivity index (χ4n) is 10.8. The number of pyridine rings is 4. The topological polar surface area (TPSA) is 357 Å². The van der Waals surface area contributed by atoms with Gasteiger partial charge in [0.05, 0.1) is 96.9 Å². The molecule has 0 radical (unpaired) electrons. The number of anilines is 5. The number of benzene rings is 2. The number of carbonyl (C=O) groups is 6. The van der Waals surface area contributed by atoms with Crippen molar-refractivity contribution in [2.75, 3.05) is 105 Å². The summed E-state index contributed by atoms with van der Waals surface area (Å²) < 4.78 is 20.8. The number of aliphatic carboxylic acids is 1. The summed E-state index contributed by atoms with van der Waals surface area (Å²) >= 11 is 3.11. The maximum absolute atomic E-state index is 12.2. The highest BCUT2D eigenvalue weighted by Gasteiger charge is 2.29. The first kappa shape index (κ1) is 79.0. The number of nitrogens with one attached hydrogen (secondary N) is 2. The molecule has 0 atom stereocenters. The molecule has 4 aliphatic heterocycles. The van der Waals surface area contributed by atoms with Crippen LogP contribution in [0, 0.1) is 57.7 Å². The number of amides is 1. The molecule has 4 saturated heterocycles. The van der Waals surface area contributed by atoms with E-state index in [1.54, 1.807) is 37.5 Å². The molecule has 0 bridgehead atoms. The van der Waals surface area contributed by atoms with E-state index in [-0.39, 0.29) is 71.5 Å². The summed E-state index contributed by atoms with van der Waals surface area (Å²) in [6, 6.07) is 29.0. The van der Waals surface area contributed by atoms with E-state index in [1.165, 1.54) is 24.5 Å². The largest absolute Gasteiger partial charge is 0.481 e. The third kappa shape index (κ3) is 28.6. The van der Waals surface area contributed by atoms with Crippen LogP contribution in [-0.2, 0) is 60.6 Å². The van der Waals surface area contributed by atoms with E-state index < -0.39 is 15.8 Å². The first-order valence-corrected chi connectivity index (χ1v) is 33.7. The number of rotatable bonds is 18. The Hall–Kier alpha value is -9.70. The number of aryl methyl sites for hydroxylation is 2. The number of piperidine rings is 4. The van der Waals surface area contributed by atoms with Gasteiger partial charge in [0.15, 0.2) is 12.4 Å². The van der Waals surface area contributed by atoms with Crippen LogP contribution >= 0.6 is 15.9 Å². The number of carboxylic acid groups (broad SMARTS) is 1. The van der Waals surface area contributed by atoms with Gasteiger partial charge < -0.3 is 75.3 Å². The van der Waals surface area contributed by atoms with Gasteiger partial charge in [0, 0.05) is 51.4 Å². The summed E-state index contributed by atoms with van der Waals surface area (Å²) in [6.45, 7) is 19.7. The van der Waals surface area contributed by atoms with E-state index in [9.17, 15) is 49.0 Å². The molecule has 1 amide bonds. The monoisotopic (exact) mass is 1420 g/mol. The van der Waals surface area contributed by atoms with Crippen LogP contribution < -0.4 is 31.1 Å². The number of aromatic nitrogens is 4. The predicted molar refractivity (Wildman–Crippen MR) is 375 cm³/mol. The van der Waals surface area contributed by atoms with E-state index in [1.807, 2.05) is 101 Å². The lowest BCUT2D eigenvalue weighted by molar-refractivity contribution is -0.389. The summed E-state index contributed by atoms with van der Waals surface area (Å²) in [6.07, 6.45) is 13.4. The smallest absolute Gasteiger partial charge is 0.363 e. The molecule has 0 spiro atoms. The molecule has 28 heteroatoms. The molecule has 0 unspecified atom stereocenters. The first-order valence-electron chi connectivity index (χ1n) is 32.9. The van der Waals surface area contributed by atoms with Crippen LogP contribution in [-0.4, -0.2) is 149 Å². The van der Waals surface area contributed by atoms with Gasteiger partial charge in [-0.1, -0.05) is 59.7 Å². The zero-order chi connectivity index (χ0) is 71.4. The molecule has 528 valence electrons. The van der Waals surface area contributed by atoms with Crippen LogP contribution in [0.4, 0.5) is 40.3 Å². The maximum Gasteiger partial charge on any atom is 0.363 e. The molecule has 0 saturated carbocycles. The number of halogens is 1. The van der Waals surface area contributed by atoms with Gasteiger partial charge >= 0.3 is 41.5 Å². The molecule has 2 aromatic carbocycles. The van der Waals surface area contributed by atoms with Crippen molar-refractivity contribution in [1.29, 1.82) is 0 Å². The van der Waals surface area contributed by atoms with E-state index >= 15 is 0 Å². The van der Waals surface area contributed by atoms with Gasteiger partial charge in [-0.05, 0) is 189 Å². The van der Waals surface area contributed by atoms with Crippen molar-refractivity contribution in [2.24, 2.45) is 23.7 Å². The van der Waals surface area contributed by atoms with Gasteiger partial charge in [0.25, 0.3) is 0 Å². The minimum Gasteiger partial charge on any atom is -0.481 e. The van der Waals surface area contributed by atoms with Crippen molar-refractivity contribution in [2.45, 2.75) is 106 Å². The number of hydrogen-bond donors (Lipinski definition) is 4. The second-order valence-electron chi connectivity index (χ2n) is 23.2. The Labute approximate surface area is 580 Å². The van der Waals surface area contributed by atoms with E-state index in [2.05, 4.69) is 61.2 Å². The SMILES string of the molecule is CCOC(=O)C1CCN(c2ccc(N)nc2)CC1.CCOC(=O)C1CCN(c2ccc(NC(=O)Cc3cccc(C)c3)nc2)CC1.CCOC(=O)C1CCN(c2ccc([N+](=O)[O-])nc2)CC1.CCOC(=O)C1CCNCC1.Cc1cccc(CC(=O)O)c1.O=[N+]([O-])c1ccc(Br)cn1. The minimum absolute atomic E-state index is 0.00987. The average molecular weight is 1420 g/mol. The molecular formula is C70H91BrN12O15. The molecule has 8 heterocycles. The quantitative estimate of drug-likeness (QED) is 0.0269. The summed E-state index contributed by atoms with van der Waals surface area (Å²) in [5, 5.41) is 35.1. The molecule has 4 fully saturated rings. The molecule has 4 aliphatic rings. The number of nitrogens with two attached hydrogens (primary N) is 1. The zero-order valence-electron chi connectivity index (χ0n) is 56.6. The number of ether oxygens (including phenoxy) is 4. The van der Waals surface area contributed by atoms with Gasteiger partial charge in [-0.15, -0.1) is 0 Å². The number of nitro groups is 2. The second kappa shape index (κ2) is 42.8. The average Bonchev–Trinajstić information content (AvgIpc) is 0.879. The van der Waals surface area contributed by atoms with Crippen LogP contribution in [0.5, 0.6) is 0 Å². The van der Waals surface area contributed by atoms with Crippen LogP contribution in [0.15, 0.2) is 126 Å². The number of nitrogens with zero attached hydrogens (tertiary/aromatic N) is 9. The van der Waals surface area contributed by atoms with Gasteiger partial charge in [-0.2, -0.15) is 0 Å². The maximum atomic E-state index is 12.2. The third-order valence-electron chi connectivity index (χ3n) is 15.9. The molecule has 4 aromatic heterocycles. The van der Waals surface area contributed by atoms with Gasteiger partial charge in [-0.25, -0.2) is 9.97 Å². The summed E-state index contributed by atoms with van der Waals surface area (Å²) in [5.74, 6) is -0.249. The first-order chi connectivity index (χ1) is 47.1. The molecule has 10 rings (SSSR count). The highest BCUT2D eigenvalue weighted by Crippen LogP contribution is 2.28. The number of carbonyl (C=O) groups excluding carboxylic acids is 5. The fraction of sp³-hybridized carbons (Fsp3) is 0.457. The van der Waals surface area contributed by atoms with Crippen molar-refractivity contribution >= 4 is 92.0 Å². The molecule has 0 aliphatic carbocycles. The molecular weight excluding hydrogens is 1330 g/mol. The Bertz CT molecular complexity index is 3450. The Kier molecular flexibility index (Phi) is 34.5. The van der Waals surface area contributed by atoms with Crippen LogP contribution in [0.25, 0.3) is 0 Å². The van der Waals surface area contributed by atoms with Crippen molar-refractivity contribution in [3.8, 4) is 0 Å². The highest BCUT2D eigenvalue weighted by atomic mass is 79.9. The lowest BCUT2D eigenvalue weighted by Gasteiger charge is -2.32. The van der Waals surface area contributed by atoms with Crippen molar-refractivity contribution < 1.29 is 62.7 Å². The predicted octanol–water partition coefficient (Wildman–Crippen LogP) is 10.5. The summed E-state index contributed by atoms with van der Waals surface area (Å²) in [7, 11) is 0. The summed E-state index contributed by atoms with van der Waals surface area (Å²) in [4.78, 5) is 111. The normalized spacial score (nSPS) is 14.7. The third-order valence-corrected chi connectivity index (χ3v) is 16.4. The van der Waals surface area contributed by atoms with Crippen molar-refractivity contribution in [3.63, 3.8) is 0 Å². The Morgan fingerprint density at radius 2 is 0.908 bits per heavy atom. The summed E-state index contributed by atoms with van der Waals surface area (Å²) in [5.41, 5.74) is 12.5. The number of carboxylic acids is 1. The zero-order valence-corrected chi connectivity index (χ0v) is 58.1. The van der Waals surface area contributed by atoms with Gasteiger partial charge in [-0.3, -0.25) is 28.8 Å². The van der Waals surface area contributed by atoms with E-state index in [0.29, 0.717) is 44.5 Å².